The molecule has 1 aromatic heterocycles. The molecule has 1 aliphatic carbocycles. The maximum atomic E-state index is 6.60. The molecule has 26 heavy (non-hydrogen) atoms. The molecule has 3 nitrogen and oxygen atoms in total. The fraction of sp³-hybridized carbons (Fsp3) is 0.238. The SMILES string of the molecule is CCOC1CC(Cl)C(=Nc2c3ccccc3nc3ccccc23)C=C1Cl. The van der Waals surface area contributed by atoms with Crippen molar-refractivity contribution in [3.05, 3.63) is 59.6 Å². The van der Waals surface area contributed by atoms with Crippen LogP contribution in [-0.4, -0.2) is 28.8 Å². The number of aromatic nitrogens is 1. The maximum Gasteiger partial charge on any atom is 0.0948 e. The average Bonchev–Trinajstić information content (AvgIpc) is 2.65. The number of pyridine rings is 1. The van der Waals surface area contributed by atoms with Crippen molar-refractivity contribution in [2.45, 2.75) is 24.8 Å². The van der Waals surface area contributed by atoms with E-state index in [2.05, 4.69) is 0 Å². The van der Waals surface area contributed by atoms with Crippen LogP contribution in [-0.2, 0) is 4.74 Å². The molecule has 5 heteroatoms. The number of alkyl halides is 1. The van der Waals surface area contributed by atoms with Crippen LogP contribution in [0.4, 0.5) is 5.69 Å². The first kappa shape index (κ1) is 17.5. The van der Waals surface area contributed by atoms with Crippen LogP contribution >= 0.6 is 23.2 Å². The molecule has 0 spiro atoms. The van der Waals surface area contributed by atoms with Gasteiger partial charge in [0.15, 0.2) is 0 Å². The van der Waals surface area contributed by atoms with Gasteiger partial charge in [0.25, 0.3) is 0 Å². The Bertz CT molecular complexity index is 975. The lowest BCUT2D eigenvalue weighted by atomic mass is 10.0. The van der Waals surface area contributed by atoms with Crippen molar-refractivity contribution >= 4 is 56.4 Å². The van der Waals surface area contributed by atoms with E-state index in [9.17, 15) is 0 Å². The molecule has 132 valence electrons. The van der Waals surface area contributed by atoms with E-state index in [1.807, 2.05) is 61.5 Å². The summed E-state index contributed by atoms with van der Waals surface area (Å²) in [4.78, 5) is 9.67. The molecule has 2 aromatic carbocycles. The Morgan fingerprint density at radius 1 is 1.08 bits per heavy atom. The molecule has 4 rings (SSSR count). The van der Waals surface area contributed by atoms with E-state index in [1.165, 1.54) is 0 Å². The first-order valence-electron chi connectivity index (χ1n) is 8.66. The highest BCUT2D eigenvalue weighted by molar-refractivity contribution is 6.39. The molecule has 0 amide bonds. The lowest BCUT2D eigenvalue weighted by Crippen LogP contribution is -2.28. The molecule has 2 atom stereocenters. The van der Waals surface area contributed by atoms with Crippen LogP contribution < -0.4 is 0 Å². The summed E-state index contributed by atoms with van der Waals surface area (Å²) in [6, 6.07) is 16.0. The minimum Gasteiger partial charge on any atom is -0.373 e. The molecule has 0 fully saturated rings. The van der Waals surface area contributed by atoms with Crippen LogP contribution in [0, 0.1) is 0 Å². The van der Waals surface area contributed by atoms with E-state index >= 15 is 0 Å². The van der Waals surface area contributed by atoms with E-state index < -0.39 is 0 Å². The Hall–Kier alpha value is -1.94. The Kier molecular flexibility index (Phi) is 4.94. The number of hydrogen-bond acceptors (Lipinski definition) is 3. The third kappa shape index (κ3) is 3.23. The van der Waals surface area contributed by atoms with Gasteiger partial charge in [0, 0.05) is 28.8 Å². The van der Waals surface area contributed by atoms with Crippen LogP contribution in [0.1, 0.15) is 13.3 Å². The number of halogens is 2. The number of fused-ring (bicyclic) bond motifs is 2. The van der Waals surface area contributed by atoms with Crippen molar-refractivity contribution in [3.63, 3.8) is 0 Å². The van der Waals surface area contributed by atoms with E-state index in [1.54, 1.807) is 0 Å². The lowest BCUT2D eigenvalue weighted by Gasteiger charge is -2.25. The van der Waals surface area contributed by atoms with Crippen molar-refractivity contribution < 1.29 is 4.74 Å². The zero-order chi connectivity index (χ0) is 18.1. The van der Waals surface area contributed by atoms with Gasteiger partial charge in [-0.15, -0.1) is 11.6 Å². The third-order valence-electron chi connectivity index (χ3n) is 4.50. The summed E-state index contributed by atoms with van der Waals surface area (Å²) in [5.41, 5.74) is 3.46. The minimum atomic E-state index is -0.250. The van der Waals surface area contributed by atoms with E-state index in [4.69, 9.17) is 37.9 Å². The Morgan fingerprint density at radius 2 is 1.69 bits per heavy atom. The van der Waals surface area contributed by atoms with Gasteiger partial charge < -0.3 is 4.74 Å². The second kappa shape index (κ2) is 7.36. The van der Waals surface area contributed by atoms with Crippen LogP contribution in [0.2, 0.25) is 0 Å². The molecule has 1 aliphatic rings. The number of aliphatic imine (C=N–C) groups is 1. The smallest absolute Gasteiger partial charge is 0.0948 e. The first-order valence-corrected chi connectivity index (χ1v) is 9.47. The number of ether oxygens (including phenoxy) is 1. The third-order valence-corrected chi connectivity index (χ3v) is 5.26. The van der Waals surface area contributed by atoms with Gasteiger partial charge >= 0.3 is 0 Å². The fourth-order valence-corrected chi connectivity index (χ4v) is 3.80. The lowest BCUT2D eigenvalue weighted by molar-refractivity contribution is 0.0881. The minimum absolute atomic E-state index is 0.158. The normalized spacial score (nSPS) is 22.1. The van der Waals surface area contributed by atoms with Gasteiger partial charge in [-0.2, -0.15) is 0 Å². The van der Waals surface area contributed by atoms with Crippen molar-refractivity contribution in [2.24, 2.45) is 4.99 Å². The molecule has 0 aliphatic heterocycles. The molecule has 3 aromatic rings. The topological polar surface area (TPSA) is 34.5 Å². The zero-order valence-corrected chi connectivity index (χ0v) is 15.8. The van der Waals surface area contributed by atoms with E-state index in [-0.39, 0.29) is 11.5 Å². The highest BCUT2D eigenvalue weighted by atomic mass is 35.5. The monoisotopic (exact) mass is 384 g/mol. The Balaban J connectivity index is 1.92. The van der Waals surface area contributed by atoms with E-state index in [0.29, 0.717) is 18.1 Å². The summed E-state index contributed by atoms with van der Waals surface area (Å²) in [7, 11) is 0. The highest BCUT2D eigenvalue weighted by Crippen LogP contribution is 2.35. The van der Waals surface area contributed by atoms with Gasteiger partial charge in [0.1, 0.15) is 0 Å². The molecule has 0 N–H and O–H groups in total. The van der Waals surface area contributed by atoms with Crippen LogP contribution in [0.15, 0.2) is 64.6 Å². The molecule has 0 saturated heterocycles. The van der Waals surface area contributed by atoms with Gasteiger partial charge in [0.05, 0.1) is 33.9 Å². The van der Waals surface area contributed by atoms with Crippen molar-refractivity contribution in [2.75, 3.05) is 6.61 Å². The van der Waals surface area contributed by atoms with Gasteiger partial charge in [0.2, 0.25) is 0 Å². The van der Waals surface area contributed by atoms with Crippen molar-refractivity contribution in [3.8, 4) is 0 Å². The largest absolute Gasteiger partial charge is 0.373 e. The summed E-state index contributed by atoms with van der Waals surface area (Å²) in [6.45, 7) is 2.55. The maximum absolute atomic E-state index is 6.60. The summed E-state index contributed by atoms with van der Waals surface area (Å²) >= 11 is 13.0. The first-order chi connectivity index (χ1) is 12.7. The fourth-order valence-electron chi connectivity index (χ4n) is 3.26. The Labute approximate surface area is 162 Å². The molecule has 0 radical (unpaired) electrons. The van der Waals surface area contributed by atoms with Crippen molar-refractivity contribution in [1.82, 2.24) is 4.98 Å². The van der Waals surface area contributed by atoms with Crippen LogP contribution in [0.5, 0.6) is 0 Å². The number of para-hydroxylation sites is 2. The second-order valence-electron chi connectivity index (χ2n) is 6.21. The summed E-state index contributed by atoms with van der Waals surface area (Å²) in [5.74, 6) is 0. The summed E-state index contributed by atoms with van der Waals surface area (Å²) in [6.07, 6.45) is 2.30. The van der Waals surface area contributed by atoms with E-state index in [0.717, 1.165) is 33.2 Å². The van der Waals surface area contributed by atoms with Crippen molar-refractivity contribution in [1.29, 1.82) is 0 Å². The molecular weight excluding hydrogens is 367 g/mol. The molecule has 1 heterocycles. The Morgan fingerprint density at radius 3 is 2.31 bits per heavy atom. The number of rotatable bonds is 3. The van der Waals surface area contributed by atoms with Gasteiger partial charge in [-0.3, -0.25) is 4.99 Å². The average molecular weight is 385 g/mol. The predicted octanol–water partition coefficient (Wildman–Crippen LogP) is 6.00. The number of nitrogens with zero attached hydrogens (tertiary/aromatic N) is 2. The zero-order valence-electron chi connectivity index (χ0n) is 14.3. The standard InChI is InChI=1S/C21H18Cl2N2O/c1-2-26-20-12-15(22)19(11-16(20)23)25-21-13-7-3-5-9-17(13)24-18-10-6-4-8-14(18)21/h3-11,15,20H,2,12H2,1H3. The second-order valence-corrected chi connectivity index (χ2v) is 7.17. The predicted molar refractivity (Wildman–Crippen MR) is 110 cm³/mol. The number of hydrogen-bond donors (Lipinski definition) is 0. The molecular formula is C21H18Cl2N2O. The molecule has 0 bridgehead atoms. The number of benzene rings is 2. The molecule has 0 saturated carbocycles. The summed E-state index contributed by atoms with van der Waals surface area (Å²) < 4.78 is 5.65. The van der Waals surface area contributed by atoms with Gasteiger partial charge in [-0.05, 0) is 25.1 Å². The van der Waals surface area contributed by atoms with Crippen LogP contribution in [0.25, 0.3) is 21.8 Å². The number of allylic oxidation sites excluding steroid dienone is 1. The van der Waals surface area contributed by atoms with Crippen LogP contribution in [0.3, 0.4) is 0 Å². The summed E-state index contributed by atoms with van der Waals surface area (Å²) in [5, 5.41) is 2.39. The van der Waals surface area contributed by atoms with Gasteiger partial charge in [-0.1, -0.05) is 48.0 Å². The highest BCUT2D eigenvalue weighted by Gasteiger charge is 2.27. The quantitative estimate of drug-likeness (QED) is 0.409. The van der Waals surface area contributed by atoms with Gasteiger partial charge in [-0.25, -0.2) is 4.98 Å². The molecule has 2 unspecified atom stereocenters.